The summed E-state index contributed by atoms with van der Waals surface area (Å²) in [4.78, 5) is 0. The van der Waals surface area contributed by atoms with Gasteiger partial charge in [-0.3, -0.25) is 0 Å². The van der Waals surface area contributed by atoms with E-state index in [1.165, 1.54) is 6.07 Å². The van der Waals surface area contributed by atoms with Crippen LogP contribution in [-0.2, 0) is 0 Å². The van der Waals surface area contributed by atoms with Crippen LogP contribution >= 0.6 is 0 Å². The highest BCUT2D eigenvalue weighted by Gasteiger charge is 2.14. The first kappa shape index (κ1) is 14.9. The predicted octanol–water partition coefficient (Wildman–Crippen LogP) is 3.31. The van der Waals surface area contributed by atoms with Gasteiger partial charge in [0.15, 0.2) is 11.6 Å². The Morgan fingerprint density at radius 3 is 2.31 bits per heavy atom. The summed E-state index contributed by atoms with van der Waals surface area (Å²) in [7, 11) is 0. The second-order valence-corrected chi connectivity index (χ2v) is 4.03. The van der Waals surface area contributed by atoms with E-state index < -0.39 is 11.4 Å². The summed E-state index contributed by atoms with van der Waals surface area (Å²) in [6.07, 6.45) is 0. The molecule has 0 fully saturated rings. The van der Waals surface area contributed by atoms with Gasteiger partial charge in [0, 0.05) is 0 Å². The maximum Gasteiger partial charge on any atom is 0.165 e. The van der Waals surface area contributed by atoms with Crippen LogP contribution in [0.25, 0.3) is 0 Å². The molecule has 1 N–H and O–H groups in total. The molecule has 0 bridgehead atoms. The lowest BCUT2D eigenvalue weighted by Gasteiger charge is -2.18. The molecule has 0 spiro atoms. The lowest BCUT2D eigenvalue weighted by molar-refractivity contribution is 0.0272. The third kappa shape index (κ3) is 5.71. The van der Waals surface area contributed by atoms with E-state index in [0.29, 0.717) is 0 Å². The van der Waals surface area contributed by atoms with Gasteiger partial charge in [0.2, 0.25) is 0 Å². The molecule has 0 aliphatic carbocycles. The van der Waals surface area contributed by atoms with Gasteiger partial charge in [-0.05, 0) is 38.5 Å². The molecule has 0 saturated carbocycles. The van der Waals surface area contributed by atoms with Crippen molar-refractivity contribution >= 4 is 0 Å². The van der Waals surface area contributed by atoms with Crippen molar-refractivity contribution in [1.82, 2.24) is 0 Å². The number of aryl methyl sites for hydroxylation is 1. The van der Waals surface area contributed by atoms with Gasteiger partial charge in [-0.25, -0.2) is 4.39 Å². The molecule has 1 rings (SSSR count). The average molecular weight is 228 g/mol. The number of hydrogen-bond acceptors (Lipinski definition) is 2. The van der Waals surface area contributed by atoms with Gasteiger partial charge in [-0.1, -0.05) is 19.9 Å². The summed E-state index contributed by atoms with van der Waals surface area (Å²) in [6, 6.07) is 4.74. The Bertz CT molecular complexity index is 316. The molecule has 0 aromatic heterocycles. The minimum Gasteiger partial charge on any atom is -0.488 e. The van der Waals surface area contributed by atoms with Gasteiger partial charge in [0.1, 0.15) is 6.61 Å². The number of rotatable bonds is 3. The zero-order valence-electron chi connectivity index (χ0n) is 10.7. The van der Waals surface area contributed by atoms with E-state index in [0.717, 1.165) is 5.56 Å². The average Bonchev–Trinajstić information content (AvgIpc) is 2.18. The summed E-state index contributed by atoms with van der Waals surface area (Å²) in [5.41, 5.74) is -0.102. The monoisotopic (exact) mass is 228 g/mol. The molecule has 0 radical (unpaired) electrons. The van der Waals surface area contributed by atoms with Gasteiger partial charge in [-0.15, -0.1) is 0 Å². The lowest BCUT2D eigenvalue weighted by Crippen LogP contribution is -2.28. The molecule has 0 atom stereocenters. The largest absolute Gasteiger partial charge is 0.488 e. The number of halogens is 1. The van der Waals surface area contributed by atoms with Crippen LogP contribution in [-0.4, -0.2) is 17.3 Å². The van der Waals surface area contributed by atoms with E-state index in [9.17, 15) is 9.50 Å². The van der Waals surface area contributed by atoms with Crippen molar-refractivity contribution in [3.63, 3.8) is 0 Å². The molecule has 0 saturated heterocycles. The molecule has 3 heteroatoms. The van der Waals surface area contributed by atoms with Gasteiger partial charge in [0.05, 0.1) is 5.60 Å². The van der Waals surface area contributed by atoms with E-state index >= 15 is 0 Å². The molecular weight excluding hydrogens is 207 g/mol. The molecular formula is C13H21FO2. The van der Waals surface area contributed by atoms with Crippen LogP contribution in [0.2, 0.25) is 0 Å². The van der Waals surface area contributed by atoms with Crippen LogP contribution in [0.5, 0.6) is 5.75 Å². The highest BCUT2D eigenvalue weighted by atomic mass is 19.1. The molecule has 2 nitrogen and oxygen atoms in total. The normalized spacial score (nSPS) is 10.4. The van der Waals surface area contributed by atoms with E-state index in [1.807, 2.05) is 20.8 Å². The minimum absolute atomic E-state index is 0.0764. The van der Waals surface area contributed by atoms with E-state index in [4.69, 9.17) is 4.74 Å². The van der Waals surface area contributed by atoms with Gasteiger partial charge < -0.3 is 9.84 Å². The zero-order chi connectivity index (χ0) is 12.8. The molecule has 0 aliphatic heterocycles. The van der Waals surface area contributed by atoms with E-state index in [-0.39, 0.29) is 12.4 Å². The van der Waals surface area contributed by atoms with Gasteiger partial charge >= 0.3 is 0 Å². The maximum absolute atomic E-state index is 13.2. The molecule has 0 amide bonds. The van der Waals surface area contributed by atoms with E-state index in [1.54, 1.807) is 26.0 Å². The molecule has 92 valence electrons. The second-order valence-electron chi connectivity index (χ2n) is 4.03. The Labute approximate surface area is 97.1 Å². The van der Waals surface area contributed by atoms with Crippen LogP contribution < -0.4 is 4.74 Å². The quantitative estimate of drug-likeness (QED) is 0.860. The summed E-state index contributed by atoms with van der Waals surface area (Å²) in [6.45, 7) is 9.11. The Balaban J connectivity index is 0.00000106. The number of benzene rings is 1. The number of hydrogen-bond donors (Lipinski definition) is 1. The Morgan fingerprint density at radius 1 is 1.31 bits per heavy atom. The van der Waals surface area contributed by atoms with Crippen LogP contribution in [0.4, 0.5) is 4.39 Å². The fourth-order valence-electron chi connectivity index (χ4n) is 0.977. The summed E-state index contributed by atoms with van der Waals surface area (Å²) >= 11 is 0. The molecule has 0 heterocycles. The predicted molar refractivity (Wildman–Crippen MR) is 64.3 cm³/mol. The van der Waals surface area contributed by atoms with E-state index in [2.05, 4.69) is 0 Å². The lowest BCUT2D eigenvalue weighted by atomic mass is 10.1. The standard InChI is InChI=1S/C11H15FO2.C2H6/c1-8-4-5-10(9(12)6-8)14-7-11(2,3)13;1-2/h4-6,13H,7H2,1-3H3;1-2H3. The van der Waals surface area contributed by atoms with Crippen LogP contribution in [0.15, 0.2) is 18.2 Å². The fourth-order valence-corrected chi connectivity index (χ4v) is 0.977. The van der Waals surface area contributed by atoms with Crippen LogP contribution in [0.1, 0.15) is 33.3 Å². The van der Waals surface area contributed by atoms with Crippen LogP contribution in [0.3, 0.4) is 0 Å². The first-order chi connectivity index (χ1) is 7.38. The fraction of sp³-hybridized carbons (Fsp3) is 0.538. The van der Waals surface area contributed by atoms with Crippen molar-refractivity contribution in [2.24, 2.45) is 0 Å². The summed E-state index contributed by atoms with van der Waals surface area (Å²) < 4.78 is 18.4. The maximum atomic E-state index is 13.2. The number of ether oxygens (including phenoxy) is 1. The van der Waals surface area contributed by atoms with Crippen LogP contribution in [0, 0.1) is 12.7 Å². The SMILES string of the molecule is CC.Cc1ccc(OCC(C)(C)O)c(F)c1. The second kappa shape index (κ2) is 6.48. The topological polar surface area (TPSA) is 29.5 Å². The summed E-state index contributed by atoms with van der Waals surface area (Å²) in [5, 5.41) is 9.38. The summed E-state index contributed by atoms with van der Waals surface area (Å²) in [5.74, 6) is -0.216. The van der Waals surface area contributed by atoms with Crippen molar-refractivity contribution in [2.75, 3.05) is 6.61 Å². The Hall–Kier alpha value is -1.09. The van der Waals surface area contributed by atoms with Crippen molar-refractivity contribution in [2.45, 2.75) is 40.2 Å². The third-order valence-corrected chi connectivity index (χ3v) is 1.67. The first-order valence-corrected chi connectivity index (χ1v) is 5.50. The molecule has 16 heavy (non-hydrogen) atoms. The smallest absolute Gasteiger partial charge is 0.165 e. The highest BCUT2D eigenvalue weighted by molar-refractivity contribution is 5.28. The first-order valence-electron chi connectivity index (χ1n) is 5.50. The van der Waals surface area contributed by atoms with Crippen molar-refractivity contribution in [1.29, 1.82) is 0 Å². The molecule has 0 aliphatic rings. The Morgan fingerprint density at radius 2 is 1.88 bits per heavy atom. The molecule has 1 aromatic carbocycles. The van der Waals surface area contributed by atoms with Crippen molar-refractivity contribution in [3.8, 4) is 5.75 Å². The Kier molecular flexibility index (Phi) is 6.04. The highest BCUT2D eigenvalue weighted by Crippen LogP contribution is 2.19. The third-order valence-electron chi connectivity index (χ3n) is 1.67. The minimum atomic E-state index is -0.947. The van der Waals surface area contributed by atoms with Gasteiger partial charge in [0.25, 0.3) is 0 Å². The van der Waals surface area contributed by atoms with Crippen molar-refractivity contribution < 1.29 is 14.2 Å². The zero-order valence-corrected chi connectivity index (χ0v) is 10.7. The molecule has 1 aromatic rings. The van der Waals surface area contributed by atoms with Gasteiger partial charge in [-0.2, -0.15) is 0 Å². The molecule has 0 unspecified atom stereocenters. The number of aliphatic hydroxyl groups is 1. The van der Waals surface area contributed by atoms with Crippen molar-refractivity contribution in [3.05, 3.63) is 29.6 Å².